The van der Waals surface area contributed by atoms with Gasteiger partial charge in [0.05, 0.1) is 5.69 Å². The van der Waals surface area contributed by atoms with Gasteiger partial charge in [-0.05, 0) is 44.5 Å². The summed E-state index contributed by atoms with van der Waals surface area (Å²) in [4.78, 5) is 0. The third kappa shape index (κ3) is 2.45. The fraction of sp³-hybridized carbons (Fsp3) is 0.286. The summed E-state index contributed by atoms with van der Waals surface area (Å²) in [6.45, 7) is 5.79. The second-order valence-corrected chi connectivity index (χ2v) is 4.62. The molecule has 0 unspecified atom stereocenters. The molecule has 3 N–H and O–H groups in total. The molecule has 2 aromatic rings. The predicted octanol–water partition coefficient (Wildman–Crippen LogP) is 2.42. The van der Waals surface area contributed by atoms with Crippen LogP contribution < -0.4 is 10.5 Å². The van der Waals surface area contributed by atoms with Gasteiger partial charge in [0.1, 0.15) is 17.3 Å². The highest BCUT2D eigenvalue weighted by Crippen LogP contribution is 2.29. The van der Waals surface area contributed by atoms with Gasteiger partial charge < -0.3 is 10.5 Å². The summed E-state index contributed by atoms with van der Waals surface area (Å²) in [5.74, 6) is 1.57. The Morgan fingerprint density at radius 1 is 1.32 bits per heavy atom. The van der Waals surface area contributed by atoms with Gasteiger partial charge in [0, 0.05) is 12.6 Å². The molecule has 1 heterocycles. The van der Waals surface area contributed by atoms with E-state index in [0.29, 0.717) is 0 Å². The Morgan fingerprint density at radius 3 is 2.47 bits per heavy atom. The predicted molar refractivity (Wildman–Crippen MR) is 75.0 cm³/mol. The van der Waals surface area contributed by atoms with Gasteiger partial charge in [-0.3, -0.25) is 10.1 Å². The molecule has 19 heavy (non-hydrogen) atoms. The second-order valence-electron chi connectivity index (χ2n) is 4.62. The lowest BCUT2D eigenvalue weighted by atomic mass is 10.1. The summed E-state index contributed by atoms with van der Waals surface area (Å²) in [5, 5.41) is 11.8. The van der Waals surface area contributed by atoms with E-state index in [2.05, 4.69) is 5.10 Å². The first-order valence-corrected chi connectivity index (χ1v) is 6.03. The van der Waals surface area contributed by atoms with Gasteiger partial charge in [0.2, 0.25) is 0 Å². The van der Waals surface area contributed by atoms with E-state index in [9.17, 15) is 0 Å². The SMILES string of the molecule is Cc1cc(Oc2c(C)nn(C)c2C)ccc1C(=N)N. The molecule has 0 atom stereocenters. The number of amidine groups is 1. The highest BCUT2D eigenvalue weighted by molar-refractivity contribution is 5.96. The number of nitrogens with two attached hydrogens (primary N) is 1. The zero-order chi connectivity index (χ0) is 14.2. The van der Waals surface area contributed by atoms with Crippen LogP contribution in [-0.2, 0) is 7.05 Å². The molecule has 1 aromatic carbocycles. The van der Waals surface area contributed by atoms with Crippen LogP contribution in [0.15, 0.2) is 18.2 Å². The minimum atomic E-state index is 0.0674. The zero-order valence-corrected chi connectivity index (χ0v) is 11.6. The minimum Gasteiger partial charge on any atom is -0.453 e. The summed E-state index contributed by atoms with van der Waals surface area (Å²) in [6.07, 6.45) is 0. The van der Waals surface area contributed by atoms with Crippen LogP contribution in [0.5, 0.6) is 11.5 Å². The number of nitrogens with zero attached hydrogens (tertiary/aromatic N) is 2. The smallest absolute Gasteiger partial charge is 0.171 e. The largest absolute Gasteiger partial charge is 0.453 e. The fourth-order valence-corrected chi connectivity index (χ4v) is 2.02. The van der Waals surface area contributed by atoms with Crippen LogP contribution in [0.25, 0.3) is 0 Å². The standard InChI is InChI=1S/C14H18N4O/c1-8-7-11(5-6-12(8)14(15)16)19-13-9(2)17-18(4)10(13)3/h5-7H,1-4H3,(H3,15,16). The Balaban J connectivity index is 2.34. The van der Waals surface area contributed by atoms with Crippen molar-refractivity contribution in [3.05, 3.63) is 40.7 Å². The number of nitrogen functional groups attached to an aromatic ring is 1. The van der Waals surface area contributed by atoms with Crippen LogP contribution in [0.2, 0.25) is 0 Å². The number of aryl methyl sites for hydroxylation is 3. The highest BCUT2D eigenvalue weighted by atomic mass is 16.5. The maximum Gasteiger partial charge on any atom is 0.171 e. The normalized spacial score (nSPS) is 10.5. The maximum atomic E-state index is 7.46. The Kier molecular flexibility index (Phi) is 3.29. The molecule has 0 saturated carbocycles. The van der Waals surface area contributed by atoms with E-state index in [-0.39, 0.29) is 5.84 Å². The number of aromatic nitrogens is 2. The van der Waals surface area contributed by atoms with E-state index in [0.717, 1.165) is 34.0 Å². The Labute approximate surface area is 112 Å². The third-order valence-electron chi connectivity index (χ3n) is 3.15. The maximum absolute atomic E-state index is 7.46. The van der Waals surface area contributed by atoms with Gasteiger partial charge in [-0.2, -0.15) is 5.10 Å². The van der Waals surface area contributed by atoms with E-state index in [1.807, 2.05) is 40.0 Å². The summed E-state index contributed by atoms with van der Waals surface area (Å²) >= 11 is 0. The van der Waals surface area contributed by atoms with Crippen molar-refractivity contribution in [2.45, 2.75) is 20.8 Å². The number of nitrogens with one attached hydrogen (secondary N) is 1. The summed E-state index contributed by atoms with van der Waals surface area (Å²) in [7, 11) is 1.89. The lowest BCUT2D eigenvalue weighted by Gasteiger charge is -2.09. The van der Waals surface area contributed by atoms with E-state index in [4.69, 9.17) is 15.9 Å². The molecule has 0 spiro atoms. The molecule has 0 bridgehead atoms. The average Bonchev–Trinajstić information content (AvgIpc) is 2.56. The van der Waals surface area contributed by atoms with Crippen LogP contribution in [-0.4, -0.2) is 15.6 Å². The van der Waals surface area contributed by atoms with Crippen molar-refractivity contribution in [1.29, 1.82) is 5.41 Å². The van der Waals surface area contributed by atoms with E-state index in [1.165, 1.54) is 0 Å². The van der Waals surface area contributed by atoms with Gasteiger partial charge in [-0.1, -0.05) is 0 Å². The molecule has 1 aromatic heterocycles. The molecular weight excluding hydrogens is 240 g/mol. The number of ether oxygens (including phenoxy) is 1. The number of hydrogen-bond donors (Lipinski definition) is 2. The summed E-state index contributed by atoms with van der Waals surface area (Å²) in [5.41, 5.74) is 8.98. The van der Waals surface area contributed by atoms with Crippen molar-refractivity contribution in [3.63, 3.8) is 0 Å². The van der Waals surface area contributed by atoms with Crippen molar-refractivity contribution in [1.82, 2.24) is 9.78 Å². The first kappa shape index (κ1) is 13.1. The number of hydrogen-bond acceptors (Lipinski definition) is 3. The minimum absolute atomic E-state index is 0.0674. The average molecular weight is 258 g/mol. The molecule has 0 saturated heterocycles. The van der Waals surface area contributed by atoms with Crippen molar-refractivity contribution in [3.8, 4) is 11.5 Å². The van der Waals surface area contributed by atoms with Crippen LogP contribution in [0.1, 0.15) is 22.5 Å². The molecule has 0 amide bonds. The van der Waals surface area contributed by atoms with E-state index >= 15 is 0 Å². The highest BCUT2D eigenvalue weighted by Gasteiger charge is 2.12. The van der Waals surface area contributed by atoms with Crippen molar-refractivity contribution in [2.24, 2.45) is 12.8 Å². The van der Waals surface area contributed by atoms with Gasteiger partial charge in [-0.15, -0.1) is 0 Å². The molecule has 0 fully saturated rings. The first-order valence-electron chi connectivity index (χ1n) is 6.03. The van der Waals surface area contributed by atoms with Crippen LogP contribution in [0, 0.1) is 26.2 Å². The number of benzene rings is 1. The van der Waals surface area contributed by atoms with Crippen molar-refractivity contribution >= 4 is 5.84 Å². The zero-order valence-electron chi connectivity index (χ0n) is 11.6. The summed E-state index contributed by atoms with van der Waals surface area (Å²) < 4.78 is 7.67. The van der Waals surface area contributed by atoms with Gasteiger partial charge in [-0.25, -0.2) is 0 Å². The monoisotopic (exact) mass is 258 g/mol. The van der Waals surface area contributed by atoms with Gasteiger partial charge >= 0.3 is 0 Å². The van der Waals surface area contributed by atoms with Gasteiger partial charge in [0.15, 0.2) is 5.75 Å². The van der Waals surface area contributed by atoms with Gasteiger partial charge in [0.25, 0.3) is 0 Å². The van der Waals surface area contributed by atoms with Crippen molar-refractivity contribution in [2.75, 3.05) is 0 Å². The molecule has 0 aliphatic carbocycles. The molecule has 0 aliphatic heterocycles. The molecule has 2 rings (SSSR count). The number of rotatable bonds is 3. The van der Waals surface area contributed by atoms with E-state index < -0.39 is 0 Å². The lowest BCUT2D eigenvalue weighted by Crippen LogP contribution is -2.12. The topological polar surface area (TPSA) is 76.9 Å². The van der Waals surface area contributed by atoms with Crippen LogP contribution >= 0.6 is 0 Å². The molecule has 0 radical (unpaired) electrons. The molecule has 100 valence electrons. The van der Waals surface area contributed by atoms with Crippen molar-refractivity contribution < 1.29 is 4.74 Å². The first-order chi connectivity index (χ1) is 8.90. The molecule has 5 heteroatoms. The molecule has 0 aliphatic rings. The van der Waals surface area contributed by atoms with Crippen LogP contribution in [0.3, 0.4) is 0 Å². The quantitative estimate of drug-likeness (QED) is 0.655. The van der Waals surface area contributed by atoms with Crippen LogP contribution in [0.4, 0.5) is 0 Å². The fourth-order valence-electron chi connectivity index (χ4n) is 2.02. The molecular formula is C14H18N4O. The molecule has 5 nitrogen and oxygen atoms in total. The second kappa shape index (κ2) is 4.76. The Morgan fingerprint density at radius 2 is 2.00 bits per heavy atom. The third-order valence-corrected chi connectivity index (χ3v) is 3.15. The summed E-state index contributed by atoms with van der Waals surface area (Å²) in [6, 6.07) is 5.49. The van der Waals surface area contributed by atoms with E-state index in [1.54, 1.807) is 10.7 Å². The Hall–Kier alpha value is -2.30. The Bertz CT molecular complexity index is 643. The lowest BCUT2D eigenvalue weighted by molar-refractivity contribution is 0.473.